The summed E-state index contributed by atoms with van der Waals surface area (Å²) < 4.78 is 5.97. The van der Waals surface area contributed by atoms with Crippen LogP contribution in [0.5, 0.6) is 11.5 Å². The molecular weight excluding hydrogens is 305 g/mol. The molecule has 0 saturated carbocycles. The maximum atomic E-state index is 6.17. The highest BCUT2D eigenvalue weighted by Gasteiger charge is 2.12. The third kappa shape index (κ3) is 4.37. The van der Waals surface area contributed by atoms with Crippen molar-refractivity contribution in [2.24, 2.45) is 0 Å². The molecule has 2 aromatic carbocycles. The van der Waals surface area contributed by atoms with E-state index in [1.54, 1.807) is 18.2 Å². The van der Waals surface area contributed by atoms with Gasteiger partial charge < -0.3 is 10.1 Å². The molecule has 2 rings (SSSR count). The average molecular weight is 324 g/mol. The van der Waals surface area contributed by atoms with Crippen LogP contribution in [0.25, 0.3) is 0 Å². The number of halogens is 2. The summed E-state index contributed by atoms with van der Waals surface area (Å²) in [6.07, 6.45) is 1.09. The molecule has 0 heterocycles. The Balaban J connectivity index is 2.23. The molecule has 0 spiro atoms. The number of hydrogen-bond donors (Lipinski definition) is 1. The van der Waals surface area contributed by atoms with E-state index in [-0.39, 0.29) is 6.04 Å². The Bertz CT molecular complexity index is 601. The van der Waals surface area contributed by atoms with E-state index >= 15 is 0 Å². The van der Waals surface area contributed by atoms with Gasteiger partial charge in [0.1, 0.15) is 11.5 Å². The van der Waals surface area contributed by atoms with E-state index < -0.39 is 0 Å². The molecule has 4 heteroatoms. The van der Waals surface area contributed by atoms with Crippen molar-refractivity contribution in [3.63, 3.8) is 0 Å². The van der Waals surface area contributed by atoms with E-state index in [1.165, 1.54) is 0 Å². The van der Waals surface area contributed by atoms with E-state index in [2.05, 4.69) is 25.2 Å². The van der Waals surface area contributed by atoms with Crippen molar-refractivity contribution < 1.29 is 4.74 Å². The van der Waals surface area contributed by atoms with E-state index in [0.29, 0.717) is 15.8 Å². The van der Waals surface area contributed by atoms with Gasteiger partial charge in [-0.3, -0.25) is 0 Å². The second-order valence-electron chi connectivity index (χ2n) is 4.89. The van der Waals surface area contributed by atoms with Crippen LogP contribution in [0.3, 0.4) is 0 Å². The number of hydrogen-bond acceptors (Lipinski definition) is 2. The lowest BCUT2D eigenvalue weighted by Crippen LogP contribution is -2.19. The maximum absolute atomic E-state index is 6.17. The molecule has 1 N–H and O–H groups in total. The van der Waals surface area contributed by atoms with E-state index in [1.807, 2.05) is 18.2 Å². The van der Waals surface area contributed by atoms with Crippen molar-refractivity contribution in [1.29, 1.82) is 0 Å². The first-order valence-corrected chi connectivity index (χ1v) is 7.82. The quantitative estimate of drug-likeness (QED) is 0.720. The zero-order chi connectivity index (χ0) is 15.2. The van der Waals surface area contributed by atoms with Gasteiger partial charge in [-0.1, -0.05) is 48.3 Å². The first-order valence-electron chi connectivity index (χ1n) is 7.07. The van der Waals surface area contributed by atoms with E-state index in [0.717, 1.165) is 24.3 Å². The molecule has 112 valence electrons. The lowest BCUT2D eigenvalue weighted by molar-refractivity contribution is 0.461. The van der Waals surface area contributed by atoms with E-state index in [9.17, 15) is 0 Å². The molecule has 0 aromatic heterocycles. The standard InChI is InChI=1S/C17H19Cl2NO/c1-3-10-20-12(2)14-6-4-5-7-16(14)21-17-9-8-13(18)11-15(17)19/h4-9,11-12,20H,3,10H2,1-2H3. The zero-order valence-corrected chi connectivity index (χ0v) is 13.7. The van der Waals surface area contributed by atoms with Crippen LogP contribution in [0.4, 0.5) is 0 Å². The van der Waals surface area contributed by atoms with Gasteiger partial charge in [0.25, 0.3) is 0 Å². The van der Waals surface area contributed by atoms with Crippen molar-refractivity contribution >= 4 is 23.2 Å². The van der Waals surface area contributed by atoms with Gasteiger partial charge in [0, 0.05) is 16.6 Å². The summed E-state index contributed by atoms with van der Waals surface area (Å²) in [6.45, 7) is 5.24. The maximum Gasteiger partial charge on any atom is 0.146 e. The fraction of sp³-hybridized carbons (Fsp3) is 0.294. The van der Waals surface area contributed by atoms with E-state index in [4.69, 9.17) is 27.9 Å². The molecule has 1 unspecified atom stereocenters. The molecule has 0 aliphatic carbocycles. The van der Waals surface area contributed by atoms with Crippen molar-refractivity contribution in [2.75, 3.05) is 6.54 Å². The first-order chi connectivity index (χ1) is 10.1. The monoisotopic (exact) mass is 323 g/mol. The molecule has 2 aromatic rings. The van der Waals surface area contributed by atoms with Gasteiger partial charge in [-0.2, -0.15) is 0 Å². The highest BCUT2D eigenvalue weighted by atomic mass is 35.5. The fourth-order valence-corrected chi connectivity index (χ4v) is 2.53. The Hall–Kier alpha value is -1.22. The third-order valence-corrected chi connectivity index (χ3v) is 3.73. The number of ether oxygens (including phenoxy) is 1. The lowest BCUT2D eigenvalue weighted by atomic mass is 10.1. The molecule has 0 amide bonds. The number of para-hydroxylation sites is 1. The van der Waals surface area contributed by atoms with Gasteiger partial charge in [-0.05, 0) is 44.2 Å². The minimum absolute atomic E-state index is 0.215. The summed E-state index contributed by atoms with van der Waals surface area (Å²) in [4.78, 5) is 0. The smallest absolute Gasteiger partial charge is 0.146 e. The minimum Gasteiger partial charge on any atom is -0.455 e. The summed E-state index contributed by atoms with van der Waals surface area (Å²) >= 11 is 12.1. The number of rotatable bonds is 6. The summed E-state index contributed by atoms with van der Waals surface area (Å²) in [5.41, 5.74) is 1.11. The van der Waals surface area contributed by atoms with Gasteiger partial charge in [0.15, 0.2) is 0 Å². The summed E-state index contributed by atoms with van der Waals surface area (Å²) in [5.74, 6) is 1.41. The summed E-state index contributed by atoms with van der Waals surface area (Å²) in [6, 6.07) is 13.4. The van der Waals surface area contributed by atoms with Gasteiger partial charge in [-0.25, -0.2) is 0 Å². The Morgan fingerprint density at radius 1 is 1.10 bits per heavy atom. The molecule has 2 nitrogen and oxygen atoms in total. The van der Waals surface area contributed by atoms with Gasteiger partial charge >= 0.3 is 0 Å². The Kier molecular flexibility index (Phi) is 5.92. The Labute approximate surface area is 136 Å². The normalized spacial score (nSPS) is 12.2. The van der Waals surface area contributed by atoms with Gasteiger partial charge in [0.2, 0.25) is 0 Å². The van der Waals surface area contributed by atoms with Crippen LogP contribution in [0, 0.1) is 0 Å². The van der Waals surface area contributed by atoms with Gasteiger partial charge in [-0.15, -0.1) is 0 Å². The predicted octanol–water partition coefficient (Wildman–Crippen LogP) is 5.85. The van der Waals surface area contributed by atoms with Crippen LogP contribution >= 0.6 is 23.2 Å². The molecule has 0 bridgehead atoms. The van der Waals surface area contributed by atoms with Crippen molar-refractivity contribution in [3.8, 4) is 11.5 Å². The van der Waals surface area contributed by atoms with Crippen LogP contribution in [0.15, 0.2) is 42.5 Å². The topological polar surface area (TPSA) is 21.3 Å². The molecule has 0 radical (unpaired) electrons. The highest BCUT2D eigenvalue weighted by Crippen LogP contribution is 2.34. The highest BCUT2D eigenvalue weighted by molar-refractivity contribution is 6.35. The fourth-order valence-electron chi connectivity index (χ4n) is 2.08. The second kappa shape index (κ2) is 7.69. The average Bonchev–Trinajstić information content (AvgIpc) is 2.48. The summed E-state index contributed by atoms with van der Waals surface area (Å²) in [7, 11) is 0. The minimum atomic E-state index is 0.215. The Morgan fingerprint density at radius 3 is 2.57 bits per heavy atom. The van der Waals surface area contributed by atoms with Crippen LogP contribution < -0.4 is 10.1 Å². The molecule has 1 atom stereocenters. The second-order valence-corrected chi connectivity index (χ2v) is 5.73. The van der Waals surface area contributed by atoms with Crippen molar-refractivity contribution in [3.05, 3.63) is 58.1 Å². The molecule has 0 aliphatic rings. The zero-order valence-electron chi connectivity index (χ0n) is 12.2. The molecular formula is C17H19Cl2NO. The molecule has 0 saturated heterocycles. The SMILES string of the molecule is CCCNC(C)c1ccccc1Oc1ccc(Cl)cc1Cl. The Morgan fingerprint density at radius 2 is 1.86 bits per heavy atom. The molecule has 21 heavy (non-hydrogen) atoms. The van der Waals surface area contributed by atoms with Crippen LogP contribution in [0.2, 0.25) is 10.0 Å². The van der Waals surface area contributed by atoms with Crippen molar-refractivity contribution in [1.82, 2.24) is 5.32 Å². The summed E-state index contributed by atoms with van der Waals surface area (Å²) in [5, 5.41) is 4.57. The van der Waals surface area contributed by atoms with Crippen LogP contribution in [-0.2, 0) is 0 Å². The van der Waals surface area contributed by atoms with Crippen molar-refractivity contribution in [2.45, 2.75) is 26.3 Å². The lowest BCUT2D eigenvalue weighted by Gasteiger charge is -2.18. The number of nitrogens with one attached hydrogen (secondary N) is 1. The number of benzene rings is 2. The molecule has 0 aliphatic heterocycles. The predicted molar refractivity (Wildman–Crippen MR) is 89.7 cm³/mol. The van der Waals surface area contributed by atoms with Gasteiger partial charge in [0.05, 0.1) is 5.02 Å². The van der Waals surface area contributed by atoms with Crippen LogP contribution in [0.1, 0.15) is 31.9 Å². The molecule has 0 fully saturated rings. The van der Waals surface area contributed by atoms with Crippen LogP contribution in [-0.4, -0.2) is 6.54 Å². The first kappa shape index (κ1) is 16.2. The largest absolute Gasteiger partial charge is 0.455 e. The third-order valence-electron chi connectivity index (χ3n) is 3.20.